The molecule has 0 unspecified atom stereocenters. The Morgan fingerprint density at radius 2 is 1.42 bits per heavy atom. The van der Waals surface area contributed by atoms with Crippen LogP contribution in [0.2, 0.25) is 16.6 Å². The Hall–Kier alpha value is -1.72. The summed E-state index contributed by atoms with van der Waals surface area (Å²) in [5.74, 6) is 4.45. The number of rotatable bonds is 4. The Bertz CT molecular complexity index is 741. The highest BCUT2D eigenvalue weighted by atomic mass is 28.3. The van der Waals surface area contributed by atoms with E-state index in [0.29, 0.717) is 16.6 Å². The highest BCUT2D eigenvalue weighted by Gasteiger charge is 2.41. The molecule has 0 heterocycles. The van der Waals surface area contributed by atoms with Gasteiger partial charge in [0.25, 0.3) is 0 Å². The van der Waals surface area contributed by atoms with Gasteiger partial charge in [0, 0.05) is 5.39 Å². The molecular weight excluding hydrogens is 308 g/mol. The molecule has 0 amide bonds. The summed E-state index contributed by atoms with van der Waals surface area (Å²) in [5.41, 5.74) is 6.75. The van der Waals surface area contributed by atoms with E-state index in [4.69, 9.17) is 4.74 Å². The first kappa shape index (κ1) is 18.6. The predicted molar refractivity (Wildman–Crippen MR) is 108 cm³/mol. The molecule has 0 aliphatic carbocycles. The maximum absolute atomic E-state index is 5.61. The zero-order valence-electron chi connectivity index (χ0n) is 16.1. The van der Waals surface area contributed by atoms with Crippen molar-refractivity contribution in [2.75, 3.05) is 7.11 Å². The van der Waals surface area contributed by atoms with Gasteiger partial charge in [-0.15, -0.1) is 5.54 Å². The molecule has 2 aromatic carbocycles. The third kappa shape index (κ3) is 3.23. The van der Waals surface area contributed by atoms with Crippen molar-refractivity contribution in [3.8, 4) is 17.2 Å². The second-order valence-electron chi connectivity index (χ2n) is 7.51. The summed E-state index contributed by atoms with van der Waals surface area (Å²) in [6.45, 7) is 14.1. The third-order valence-electron chi connectivity index (χ3n) is 5.38. The average Bonchev–Trinajstić information content (AvgIpc) is 2.54. The molecule has 0 aliphatic heterocycles. The molecule has 0 atom stereocenters. The summed E-state index contributed by atoms with van der Waals surface area (Å²) < 4.78 is 5.61. The third-order valence-corrected chi connectivity index (χ3v) is 11.7. The van der Waals surface area contributed by atoms with Crippen LogP contribution in [-0.2, 0) is 0 Å². The molecule has 2 aromatic rings. The van der Waals surface area contributed by atoms with Gasteiger partial charge in [0.05, 0.1) is 12.7 Å². The van der Waals surface area contributed by atoms with Crippen LogP contribution >= 0.6 is 0 Å². The molecule has 0 fully saturated rings. The maximum Gasteiger partial charge on any atom is 0.146 e. The normalized spacial score (nSPS) is 11.9. The number of fused-ring (bicyclic) bond motifs is 1. The Labute approximate surface area is 148 Å². The van der Waals surface area contributed by atoms with Gasteiger partial charge in [-0.25, -0.2) is 0 Å². The zero-order valence-corrected chi connectivity index (χ0v) is 17.1. The minimum Gasteiger partial charge on any atom is -0.495 e. The Morgan fingerprint density at radius 3 is 1.96 bits per heavy atom. The largest absolute Gasteiger partial charge is 0.495 e. The van der Waals surface area contributed by atoms with Crippen LogP contribution in [0.4, 0.5) is 0 Å². The van der Waals surface area contributed by atoms with Gasteiger partial charge in [0.1, 0.15) is 13.8 Å². The van der Waals surface area contributed by atoms with E-state index in [1.54, 1.807) is 7.11 Å². The molecule has 2 rings (SSSR count). The summed E-state index contributed by atoms with van der Waals surface area (Å²) in [7, 11) is -0.0206. The van der Waals surface area contributed by atoms with E-state index in [0.717, 1.165) is 11.3 Å². The van der Waals surface area contributed by atoms with E-state index in [2.05, 4.69) is 83.3 Å². The molecular formula is C22H30OSi. The Morgan fingerprint density at radius 1 is 0.833 bits per heavy atom. The summed E-state index contributed by atoms with van der Waals surface area (Å²) in [6.07, 6.45) is 0. The number of hydrogen-bond acceptors (Lipinski definition) is 1. The lowest BCUT2D eigenvalue weighted by atomic mass is 10.0. The number of benzene rings is 2. The first-order valence-electron chi connectivity index (χ1n) is 8.93. The van der Waals surface area contributed by atoms with Gasteiger partial charge < -0.3 is 4.74 Å². The summed E-state index contributed by atoms with van der Waals surface area (Å²) in [5, 5.41) is 2.40. The minimum absolute atomic E-state index is 0.631. The molecule has 0 aromatic heterocycles. The molecule has 0 spiro atoms. The van der Waals surface area contributed by atoms with E-state index in [-0.39, 0.29) is 0 Å². The quantitative estimate of drug-likeness (QED) is 0.462. The SMILES string of the molecule is COc1ccc2ccccc2c1C#C[Si](C(C)C)(C(C)C)C(C)C. The Kier molecular flexibility index (Phi) is 5.77. The van der Waals surface area contributed by atoms with Crippen molar-refractivity contribution < 1.29 is 4.74 Å². The monoisotopic (exact) mass is 338 g/mol. The smallest absolute Gasteiger partial charge is 0.146 e. The molecule has 24 heavy (non-hydrogen) atoms. The standard InChI is InChI=1S/C22H30OSi/c1-16(2)24(17(3)4,18(5)6)15-14-21-20-11-9-8-10-19(20)12-13-22(21)23-7/h8-13,16-18H,1-7H3. The van der Waals surface area contributed by atoms with Crippen molar-refractivity contribution in [2.24, 2.45) is 0 Å². The first-order chi connectivity index (χ1) is 11.3. The van der Waals surface area contributed by atoms with Crippen molar-refractivity contribution in [2.45, 2.75) is 58.2 Å². The van der Waals surface area contributed by atoms with Gasteiger partial charge in [0.15, 0.2) is 0 Å². The first-order valence-corrected chi connectivity index (χ1v) is 11.2. The summed E-state index contributed by atoms with van der Waals surface area (Å²) in [6, 6.07) is 12.6. The number of methoxy groups -OCH3 is 1. The molecule has 0 radical (unpaired) electrons. The maximum atomic E-state index is 5.61. The van der Waals surface area contributed by atoms with E-state index in [9.17, 15) is 0 Å². The van der Waals surface area contributed by atoms with Gasteiger partial charge in [-0.3, -0.25) is 0 Å². The second-order valence-corrected chi connectivity index (χ2v) is 13.1. The van der Waals surface area contributed by atoms with Crippen LogP contribution in [0.25, 0.3) is 10.8 Å². The van der Waals surface area contributed by atoms with Crippen LogP contribution in [0.15, 0.2) is 36.4 Å². The van der Waals surface area contributed by atoms with E-state index < -0.39 is 8.07 Å². The summed E-state index contributed by atoms with van der Waals surface area (Å²) >= 11 is 0. The van der Waals surface area contributed by atoms with Crippen LogP contribution in [-0.4, -0.2) is 15.2 Å². The molecule has 128 valence electrons. The lowest BCUT2D eigenvalue weighted by molar-refractivity contribution is 0.414. The molecule has 2 heteroatoms. The van der Waals surface area contributed by atoms with Crippen molar-refractivity contribution in [1.29, 1.82) is 0 Å². The number of hydrogen-bond donors (Lipinski definition) is 0. The fraction of sp³-hybridized carbons (Fsp3) is 0.455. The lowest BCUT2D eigenvalue weighted by Crippen LogP contribution is -2.43. The van der Waals surface area contributed by atoms with Gasteiger partial charge in [-0.1, -0.05) is 77.8 Å². The van der Waals surface area contributed by atoms with Crippen LogP contribution in [0.3, 0.4) is 0 Å². The average molecular weight is 339 g/mol. The van der Waals surface area contributed by atoms with Crippen LogP contribution in [0.1, 0.15) is 47.1 Å². The van der Waals surface area contributed by atoms with Crippen LogP contribution in [0, 0.1) is 11.5 Å². The van der Waals surface area contributed by atoms with Crippen molar-refractivity contribution in [1.82, 2.24) is 0 Å². The van der Waals surface area contributed by atoms with Crippen LogP contribution in [0.5, 0.6) is 5.75 Å². The van der Waals surface area contributed by atoms with Crippen molar-refractivity contribution in [3.63, 3.8) is 0 Å². The highest BCUT2D eigenvalue weighted by Crippen LogP contribution is 2.41. The zero-order chi connectivity index (χ0) is 17.9. The van der Waals surface area contributed by atoms with Crippen LogP contribution < -0.4 is 4.74 Å². The fourth-order valence-electron chi connectivity index (χ4n) is 4.15. The summed E-state index contributed by atoms with van der Waals surface area (Å²) in [4.78, 5) is 0. The minimum atomic E-state index is -1.75. The van der Waals surface area contributed by atoms with E-state index in [1.165, 1.54) is 10.8 Å². The predicted octanol–water partition coefficient (Wildman–Crippen LogP) is 6.42. The molecule has 0 aliphatic rings. The molecule has 0 saturated heterocycles. The van der Waals surface area contributed by atoms with Gasteiger partial charge >= 0.3 is 0 Å². The highest BCUT2D eigenvalue weighted by molar-refractivity contribution is 6.90. The molecule has 0 N–H and O–H groups in total. The topological polar surface area (TPSA) is 9.23 Å². The molecule has 1 nitrogen and oxygen atoms in total. The number of ether oxygens (including phenoxy) is 1. The molecule has 0 bridgehead atoms. The lowest BCUT2D eigenvalue weighted by Gasteiger charge is -2.38. The molecule has 0 saturated carbocycles. The van der Waals surface area contributed by atoms with E-state index in [1.807, 2.05) is 6.07 Å². The van der Waals surface area contributed by atoms with Crippen molar-refractivity contribution >= 4 is 18.8 Å². The van der Waals surface area contributed by atoms with Gasteiger partial charge in [-0.2, -0.15) is 0 Å². The Balaban J connectivity index is 2.70. The van der Waals surface area contributed by atoms with Crippen molar-refractivity contribution in [3.05, 3.63) is 42.0 Å². The fourth-order valence-corrected chi connectivity index (χ4v) is 9.36. The van der Waals surface area contributed by atoms with E-state index >= 15 is 0 Å². The van der Waals surface area contributed by atoms with Gasteiger partial charge in [-0.05, 0) is 28.1 Å². The van der Waals surface area contributed by atoms with Gasteiger partial charge in [0.2, 0.25) is 0 Å². The second kappa shape index (κ2) is 7.45.